The predicted octanol–water partition coefficient (Wildman–Crippen LogP) is 2.58. The lowest BCUT2D eigenvalue weighted by molar-refractivity contribution is -0.141. The molecule has 0 aliphatic heterocycles. The van der Waals surface area contributed by atoms with Crippen LogP contribution in [0.15, 0.2) is 24.3 Å². The minimum absolute atomic E-state index is 0.0807. The average Bonchev–Trinajstić information content (AvgIpc) is 2.94. The normalized spacial score (nSPS) is 26.2. The quantitative estimate of drug-likeness (QED) is 0.848. The largest absolute Gasteiger partial charge is 0.481 e. The van der Waals surface area contributed by atoms with Gasteiger partial charge in [0.15, 0.2) is 0 Å². The van der Waals surface area contributed by atoms with Crippen LogP contribution >= 0.6 is 0 Å². The first-order valence-electron chi connectivity index (χ1n) is 8.07. The van der Waals surface area contributed by atoms with E-state index in [0.29, 0.717) is 24.2 Å². The molecule has 1 unspecified atom stereocenters. The zero-order chi connectivity index (χ0) is 15.9. The fourth-order valence-corrected chi connectivity index (χ4v) is 3.89. The van der Waals surface area contributed by atoms with E-state index in [4.69, 9.17) is 5.11 Å². The highest BCUT2D eigenvalue weighted by molar-refractivity contribution is 5.84. The lowest BCUT2D eigenvalue weighted by atomic mass is 9.93. The van der Waals surface area contributed by atoms with Gasteiger partial charge >= 0.3 is 5.97 Å². The molecule has 0 heterocycles. The number of nitrogens with one attached hydrogen (secondary N) is 1. The Balaban J connectivity index is 1.62. The molecule has 2 N–H and O–H groups in total. The van der Waals surface area contributed by atoms with E-state index in [0.717, 1.165) is 6.42 Å². The smallest absolute Gasteiger partial charge is 0.304 e. The fraction of sp³-hybridized carbons (Fsp3) is 0.556. The lowest BCUT2D eigenvalue weighted by Crippen LogP contribution is -2.36. The van der Waals surface area contributed by atoms with Crippen LogP contribution in [0, 0.1) is 17.8 Å². The number of carboxylic acids is 1. The fourth-order valence-electron chi connectivity index (χ4n) is 3.89. The Morgan fingerprint density at radius 1 is 1.32 bits per heavy atom. The summed E-state index contributed by atoms with van der Waals surface area (Å²) in [6, 6.07) is 8.61. The Morgan fingerprint density at radius 3 is 2.73 bits per heavy atom. The number of carbonyl (C=O) groups is 2. The van der Waals surface area contributed by atoms with Crippen molar-refractivity contribution in [2.24, 2.45) is 17.8 Å². The minimum atomic E-state index is -0.901. The van der Waals surface area contributed by atoms with Crippen LogP contribution in [-0.4, -0.2) is 23.0 Å². The zero-order valence-electron chi connectivity index (χ0n) is 13.1. The molecule has 0 saturated heterocycles. The first kappa shape index (κ1) is 15.1. The van der Waals surface area contributed by atoms with Crippen molar-refractivity contribution in [3.63, 3.8) is 0 Å². The van der Waals surface area contributed by atoms with Gasteiger partial charge in [0.25, 0.3) is 0 Å². The third-order valence-corrected chi connectivity index (χ3v) is 4.90. The molecule has 118 valence electrons. The van der Waals surface area contributed by atoms with Crippen molar-refractivity contribution >= 4 is 11.9 Å². The molecule has 1 aromatic rings. The van der Waals surface area contributed by atoms with Gasteiger partial charge in [-0.15, -0.1) is 0 Å². The van der Waals surface area contributed by atoms with E-state index < -0.39 is 11.9 Å². The maximum Gasteiger partial charge on any atom is 0.304 e. The van der Waals surface area contributed by atoms with Gasteiger partial charge in [0.05, 0.1) is 6.42 Å². The van der Waals surface area contributed by atoms with Crippen LogP contribution < -0.4 is 5.32 Å². The second-order valence-electron chi connectivity index (χ2n) is 7.05. The summed E-state index contributed by atoms with van der Waals surface area (Å²) >= 11 is 0. The Hall–Kier alpha value is -1.84. The van der Waals surface area contributed by atoms with Crippen LogP contribution in [0.4, 0.5) is 0 Å². The summed E-state index contributed by atoms with van der Waals surface area (Å²) in [5.74, 6) is -0.158. The van der Waals surface area contributed by atoms with Crippen LogP contribution in [0.2, 0.25) is 0 Å². The number of fused-ring (bicyclic) bond motifs is 3. The van der Waals surface area contributed by atoms with E-state index in [1.165, 1.54) is 11.1 Å². The molecule has 1 saturated carbocycles. The van der Waals surface area contributed by atoms with E-state index in [2.05, 4.69) is 23.5 Å². The van der Waals surface area contributed by atoms with Crippen molar-refractivity contribution in [1.29, 1.82) is 0 Å². The van der Waals surface area contributed by atoms with Crippen LogP contribution in [0.3, 0.4) is 0 Å². The number of hydrogen-bond donors (Lipinski definition) is 2. The van der Waals surface area contributed by atoms with E-state index in [9.17, 15) is 9.59 Å². The van der Waals surface area contributed by atoms with E-state index in [1.807, 2.05) is 19.9 Å². The van der Waals surface area contributed by atoms with Crippen molar-refractivity contribution in [3.05, 3.63) is 35.4 Å². The highest BCUT2D eigenvalue weighted by Crippen LogP contribution is 2.56. The van der Waals surface area contributed by atoms with E-state index in [1.54, 1.807) is 0 Å². The third kappa shape index (κ3) is 2.87. The Kier molecular flexibility index (Phi) is 3.94. The molecule has 0 bridgehead atoms. The highest BCUT2D eigenvalue weighted by Gasteiger charge is 2.56. The second-order valence-corrected chi connectivity index (χ2v) is 7.05. The maximum atomic E-state index is 12.4. The Morgan fingerprint density at radius 2 is 2.05 bits per heavy atom. The molecule has 4 atom stereocenters. The first-order valence-corrected chi connectivity index (χ1v) is 8.07. The first-order chi connectivity index (χ1) is 10.5. The van der Waals surface area contributed by atoms with E-state index >= 15 is 0 Å². The molecule has 1 fully saturated rings. The SMILES string of the molecule is CC(C)CC(CC(=O)O)C(=O)N[C@@H]1[C@H]2Cc3ccccc3[C@H]21. The van der Waals surface area contributed by atoms with Gasteiger partial charge in [-0.25, -0.2) is 0 Å². The Labute approximate surface area is 130 Å². The number of aliphatic carboxylic acids is 1. The van der Waals surface area contributed by atoms with Crippen molar-refractivity contribution in [3.8, 4) is 0 Å². The van der Waals surface area contributed by atoms with Gasteiger partial charge in [0.2, 0.25) is 5.91 Å². The number of hydrogen-bond acceptors (Lipinski definition) is 2. The van der Waals surface area contributed by atoms with Gasteiger partial charge in [0, 0.05) is 17.9 Å². The molecule has 1 aromatic carbocycles. The van der Waals surface area contributed by atoms with Crippen LogP contribution in [-0.2, 0) is 16.0 Å². The summed E-state index contributed by atoms with van der Waals surface area (Å²) in [7, 11) is 0. The average molecular weight is 301 g/mol. The van der Waals surface area contributed by atoms with Gasteiger partial charge in [0.1, 0.15) is 0 Å². The summed E-state index contributed by atoms with van der Waals surface area (Å²) in [6.07, 6.45) is 1.57. The van der Waals surface area contributed by atoms with Crippen LogP contribution in [0.1, 0.15) is 43.7 Å². The van der Waals surface area contributed by atoms with Gasteiger partial charge < -0.3 is 10.4 Å². The van der Waals surface area contributed by atoms with Crippen molar-refractivity contribution in [2.75, 3.05) is 0 Å². The van der Waals surface area contributed by atoms with Crippen LogP contribution in [0.25, 0.3) is 0 Å². The molecule has 2 aliphatic carbocycles. The van der Waals surface area contributed by atoms with Crippen molar-refractivity contribution in [2.45, 2.75) is 45.1 Å². The standard InChI is InChI=1S/C18H23NO3/c1-10(2)7-12(9-15(20)21)18(22)19-17-14-8-11-5-3-4-6-13(11)16(14)17/h3-6,10,12,14,16-17H,7-9H2,1-2H3,(H,19,22)(H,20,21)/t12?,14-,16+,17+/m0/s1. The van der Waals surface area contributed by atoms with Gasteiger partial charge in [-0.1, -0.05) is 38.1 Å². The zero-order valence-corrected chi connectivity index (χ0v) is 13.1. The minimum Gasteiger partial charge on any atom is -0.481 e. The van der Waals surface area contributed by atoms with Crippen LogP contribution in [0.5, 0.6) is 0 Å². The maximum absolute atomic E-state index is 12.4. The van der Waals surface area contributed by atoms with Gasteiger partial charge in [-0.2, -0.15) is 0 Å². The van der Waals surface area contributed by atoms with Gasteiger partial charge in [-0.3, -0.25) is 9.59 Å². The summed E-state index contributed by atoms with van der Waals surface area (Å²) in [5, 5.41) is 12.1. The number of carbonyl (C=O) groups excluding carboxylic acids is 1. The number of benzene rings is 1. The highest BCUT2D eigenvalue weighted by atomic mass is 16.4. The molecular formula is C18H23NO3. The number of carboxylic acid groups (broad SMARTS) is 1. The molecule has 22 heavy (non-hydrogen) atoms. The molecule has 4 nitrogen and oxygen atoms in total. The Bertz CT molecular complexity index is 596. The predicted molar refractivity (Wildman–Crippen MR) is 83.5 cm³/mol. The van der Waals surface area contributed by atoms with Gasteiger partial charge in [-0.05, 0) is 35.8 Å². The third-order valence-electron chi connectivity index (χ3n) is 4.90. The lowest BCUT2D eigenvalue weighted by Gasteiger charge is -2.18. The monoisotopic (exact) mass is 301 g/mol. The molecule has 3 rings (SSSR count). The molecular weight excluding hydrogens is 278 g/mol. The second kappa shape index (κ2) is 5.75. The topological polar surface area (TPSA) is 66.4 Å². The summed E-state index contributed by atoms with van der Waals surface area (Å²) in [4.78, 5) is 23.4. The molecule has 1 amide bonds. The summed E-state index contributed by atoms with van der Waals surface area (Å²) < 4.78 is 0. The van der Waals surface area contributed by atoms with Crippen molar-refractivity contribution < 1.29 is 14.7 Å². The molecule has 0 aromatic heterocycles. The summed E-state index contributed by atoms with van der Waals surface area (Å²) in [5.41, 5.74) is 2.75. The van der Waals surface area contributed by atoms with E-state index in [-0.39, 0.29) is 18.4 Å². The molecule has 2 aliphatic rings. The van der Waals surface area contributed by atoms with Crippen molar-refractivity contribution in [1.82, 2.24) is 5.32 Å². The summed E-state index contributed by atoms with van der Waals surface area (Å²) in [6.45, 7) is 4.04. The molecule has 0 radical (unpaired) electrons. The molecule has 4 heteroatoms. The molecule has 0 spiro atoms. The number of rotatable bonds is 6. The number of amides is 1.